The smallest absolute Gasteiger partial charge is 0.416 e. The summed E-state index contributed by atoms with van der Waals surface area (Å²) < 4.78 is 44.2. The summed E-state index contributed by atoms with van der Waals surface area (Å²) in [5.41, 5.74) is 3.67. The number of benzene rings is 1. The number of hydrogen-bond acceptors (Lipinski definition) is 4. The predicted molar refractivity (Wildman–Crippen MR) is 94.2 cm³/mol. The van der Waals surface area contributed by atoms with Crippen LogP contribution in [0.3, 0.4) is 0 Å². The zero-order chi connectivity index (χ0) is 20.6. The molecule has 1 atom stereocenters. The minimum absolute atomic E-state index is 0.125. The quantitative estimate of drug-likeness (QED) is 0.750. The fourth-order valence-corrected chi connectivity index (χ4v) is 2.86. The topological polar surface area (TPSA) is 75.9 Å². The van der Waals surface area contributed by atoms with Crippen molar-refractivity contribution in [1.29, 1.82) is 0 Å². The van der Waals surface area contributed by atoms with E-state index < -0.39 is 29.3 Å². The van der Waals surface area contributed by atoms with Crippen LogP contribution in [0.4, 0.5) is 23.7 Å². The van der Waals surface area contributed by atoms with Crippen LogP contribution in [-0.2, 0) is 10.9 Å². The van der Waals surface area contributed by atoms with E-state index in [1.807, 2.05) is 0 Å². The van der Waals surface area contributed by atoms with Gasteiger partial charge in [0.2, 0.25) is 0 Å². The predicted octanol–water partition coefficient (Wildman–Crippen LogP) is 3.37. The molecule has 2 amide bonds. The van der Waals surface area contributed by atoms with Gasteiger partial charge in [-0.2, -0.15) is 13.2 Å². The van der Waals surface area contributed by atoms with Crippen LogP contribution in [0.15, 0.2) is 18.2 Å². The summed E-state index contributed by atoms with van der Waals surface area (Å²) in [6, 6.07) is 2.48. The first-order valence-electron chi connectivity index (χ1n) is 8.54. The number of nitrogens with zero attached hydrogens (tertiary/aromatic N) is 2. The summed E-state index contributed by atoms with van der Waals surface area (Å²) in [4.78, 5) is 27.8. The molecule has 27 heavy (non-hydrogen) atoms. The van der Waals surface area contributed by atoms with Gasteiger partial charge in [0, 0.05) is 36.9 Å². The molecule has 150 valence electrons. The third kappa shape index (κ3) is 5.27. The number of anilines is 1. The number of hydrogen-bond donors (Lipinski definition) is 1. The molecule has 1 saturated heterocycles. The molecule has 6 nitrogen and oxygen atoms in total. The Morgan fingerprint density at radius 3 is 2.30 bits per heavy atom. The Kier molecular flexibility index (Phi) is 5.63. The third-order valence-corrected chi connectivity index (χ3v) is 4.07. The van der Waals surface area contributed by atoms with Crippen molar-refractivity contribution < 1.29 is 27.5 Å². The number of nitrogen functional groups attached to an aromatic ring is 1. The van der Waals surface area contributed by atoms with E-state index in [2.05, 4.69) is 0 Å². The van der Waals surface area contributed by atoms with Gasteiger partial charge in [0.05, 0.1) is 5.56 Å². The molecule has 0 saturated carbocycles. The zero-order valence-corrected chi connectivity index (χ0v) is 15.8. The highest BCUT2D eigenvalue weighted by Crippen LogP contribution is 2.31. The number of piperazine rings is 1. The second kappa shape index (κ2) is 7.28. The van der Waals surface area contributed by atoms with Crippen molar-refractivity contribution in [3.8, 4) is 0 Å². The van der Waals surface area contributed by atoms with Crippen molar-refractivity contribution in [3.05, 3.63) is 29.3 Å². The maximum absolute atomic E-state index is 13.0. The number of carbonyl (C=O) groups is 2. The van der Waals surface area contributed by atoms with E-state index in [0.29, 0.717) is 0 Å². The molecule has 2 rings (SSSR count). The van der Waals surface area contributed by atoms with Crippen molar-refractivity contribution in [2.45, 2.75) is 45.5 Å². The molecule has 1 heterocycles. The molecular formula is C18H24F3N3O3. The molecule has 0 bridgehead atoms. The van der Waals surface area contributed by atoms with Gasteiger partial charge >= 0.3 is 12.3 Å². The highest BCUT2D eigenvalue weighted by atomic mass is 19.4. The van der Waals surface area contributed by atoms with Crippen LogP contribution in [0.5, 0.6) is 0 Å². The number of ether oxygens (including phenoxy) is 1. The maximum Gasteiger partial charge on any atom is 0.416 e. The van der Waals surface area contributed by atoms with Gasteiger partial charge < -0.3 is 20.3 Å². The van der Waals surface area contributed by atoms with Gasteiger partial charge in [-0.25, -0.2) is 4.79 Å². The number of amides is 2. The average molecular weight is 387 g/mol. The molecule has 0 unspecified atom stereocenters. The minimum atomic E-state index is -4.59. The first kappa shape index (κ1) is 20.9. The maximum atomic E-state index is 13.0. The normalized spacial score (nSPS) is 18.4. The van der Waals surface area contributed by atoms with Crippen LogP contribution in [0.2, 0.25) is 0 Å². The largest absolute Gasteiger partial charge is 0.444 e. The minimum Gasteiger partial charge on any atom is -0.444 e. The first-order chi connectivity index (χ1) is 12.3. The SMILES string of the molecule is C[C@H]1CN(C(=O)c2cc(N)cc(C(F)(F)F)c2)CCN1C(=O)OC(C)(C)C. The van der Waals surface area contributed by atoms with Gasteiger partial charge in [0.25, 0.3) is 5.91 Å². The van der Waals surface area contributed by atoms with E-state index in [1.165, 1.54) is 15.9 Å². The number of rotatable bonds is 1. The van der Waals surface area contributed by atoms with E-state index in [-0.39, 0.29) is 36.9 Å². The molecule has 0 aromatic heterocycles. The first-order valence-corrected chi connectivity index (χ1v) is 8.54. The molecule has 1 aromatic carbocycles. The van der Waals surface area contributed by atoms with Crippen molar-refractivity contribution in [2.24, 2.45) is 0 Å². The van der Waals surface area contributed by atoms with Crippen molar-refractivity contribution in [1.82, 2.24) is 9.80 Å². The lowest BCUT2D eigenvalue weighted by Gasteiger charge is -2.40. The van der Waals surface area contributed by atoms with E-state index in [9.17, 15) is 22.8 Å². The van der Waals surface area contributed by atoms with Gasteiger partial charge in [-0.05, 0) is 45.9 Å². The number of carbonyl (C=O) groups excluding carboxylic acids is 2. The lowest BCUT2D eigenvalue weighted by molar-refractivity contribution is -0.137. The summed E-state index contributed by atoms with van der Waals surface area (Å²) in [6.45, 7) is 7.64. The number of alkyl halides is 3. The Morgan fingerprint density at radius 1 is 1.15 bits per heavy atom. The second-order valence-electron chi connectivity index (χ2n) is 7.62. The average Bonchev–Trinajstić information content (AvgIpc) is 2.50. The monoisotopic (exact) mass is 387 g/mol. The molecule has 1 aromatic rings. The Balaban J connectivity index is 2.12. The Morgan fingerprint density at radius 2 is 1.78 bits per heavy atom. The fraction of sp³-hybridized carbons (Fsp3) is 0.556. The van der Waals surface area contributed by atoms with E-state index in [1.54, 1.807) is 27.7 Å². The lowest BCUT2D eigenvalue weighted by atomic mass is 10.1. The number of halogens is 3. The van der Waals surface area contributed by atoms with Gasteiger partial charge in [-0.15, -0.1) is 0 Å². The molecule has 2 N–H and O–H groups in total. The van der Waals surface area contributed by atoms with Crippen molar-refractivity contribution in [2.75, 3.05) is 25.4 Å². The van der Waals surface area contributed by atoms with Crippen molar-refractivity contribution >= 4 is 17.7 Å². The van der Waals surface area contributed by atoms with Gasteiger partial charge in [-0.1, -0.05) is 0 Å². The van der Waals surface area contributed by atoms with E-state index in [4.69, 9.17) is 10.5 Å². The second-order valence-corrected chi connectivity index (χ2v) is 7.62. The molecular weight excluding hydrogens is 363 g/mol. The number of nitrogens with two attached hydrogens (primary N) is 1. The molecule has 9 heteroatoms. The Hall–Kier alpha value is -2.45. The molecule has 1 aliphatic heterocycles. The molecule has 0 spiro atoms. The Labute approximate surface area is 156 Å². The summed E-state index contributed by atoms with van der Waals surface area (Å²) in [5.74, 6) is -0.552. The molecule has 1 fully saturated rings. The van der Waals surface area contributed by atoms with Crippen molar-refractivity contribution in [3.63, 3.8) is 0 Å². The standard InChI is InChI=1S/C18H24F3N3O3/c1-11-10-23(5-6-24(11)16(26)27-17(2,3)4)15(25)12-7-13(18(19,20)21)9-14(22)8-12/h7-9,11H,5-6,10,22H2,1-4H3/t11-/m0/s1. The zero-order valence-electron chi connectivity index (χ0n) is 15.8. The summed E-state index contributed by atoms with van der Waals surface area (Å²) in [7, 11) is 0. The van der Waals surface area contributed by atoms with Gasteiger partial charge in [-0.3, -0.25) is 4.79 Å². The fourth-order valence-electron chi connectivity index (χ4n) is 2.86. The third-order valence-electron chi connectivity index (χ3n) is 4.07. The highest BCUT2D eigenvalue weighted by Gasteiger charge is 2.35. The van der Waals surface area contributed by atoms with Crippen LogP contribution < -0.4 is 5.73 Å². The Bertz CT molecular complexity index is 729. The van der Waals surface area contributed by atoms with E-state index in [0.717, 1.165) is 12.1 Å². The highest BCUT2D eigenvalue weighted by molar-refractivity contribution is 5.95. The van der Waals surface area contributed by atoms with Crippen LogP contribution in [0.25, 0.3) is 0 Å². The van der Waals surface area contributed by atoms with Crippen LogP contribution in [0.1, 0.15) is 43.6 Å². The van der Waals surface area contributed by atoms with Crippen LogP contribution in [-0.4, -0.2) is 53.1 Å². The summed E-state index contributed by atoms with van der Waals surface area (Å²) >= 11 is 0. The van der Waals surface area contributed by atoms with Crippen LogP contribution >= 0.6 is 0 Å². The van der Waals surface area contributed by atoms with Gasteiger partial charge in [0.1, 0.15) is 5.60 Å². The molecule has 0 radical (unpaired) electrons. The lowest BCUT2D eigenvalue weighted by Crippen LogP contribution is -2.56. The van der Waals surface area contributed by atoms with E-state index >= 15 is 0 Å². The molecule has 1 aliphatic rings. The van der Waals surface area contributed by atoms with Gasteiger partial charge in [0.15, 0.2) is 0 Å². The van der Waals surface area contributed by atoms with Crippen LogP contribution in [0, 0.1) is 0 Å². The summed E-state index contributed by atoms with van der Waals surface area (Å²) in [5, 5.41) is 0. The molecule has 0 aliphatic carbocycles. The summed E-state index contributed by atoms with van der Waals surface area (Å²) in [6.07, 6.45) is -5.07.